The van der Waals surface area contributed by atoms with Crippen LogP contribution >= 0.6 is 0 Å². The van der Waals surface area contributed by atoms with Crippen LogP contribution in [0.3, 0.4) is 0 Å². The predicted octanol–water partition coefficient (Wildman–Crippen LogP) is 5.07. The molecular weight excluding hydrogens is 572 g/mol. The van der Waals surface area contributed by atoms with Gasteiger partial charge in [0.15, 0.2) is 0 Å². The summed E-state index contributed by atoms with van der Waals surface area (Å²) in [5.74, 6) is -0.492. The fourth-order valence-electron chi connectivity index (χ4n) is 4.27. The molecule has 0 saturated heterocycles. The monoisotopic (exact) mass is 612 g/mol. The first kappa shape index (κ1) is 33.3. The molecular formula is C31H40N4O7S. The molecule has 0 unspecified atom stereocenters. The molecule has 0 aromatic heterocycles. The van der Waals surface area contributed by atoms with Crippen molar-refractivity contribution in [3.05, 3.63) is 72.3 Å². The van der Waals surface area contributed by atoms with Gasteiger partial charge in [0.25, 0.3) is 0 Å². The second-order valence-corrected chi connectivity index (χ2v) is 12.6. The Balaban J connectivity index is 1.66. The van der Waals surface area contributed by atoms with E-state index in [1.165, 1.54) is 6.07 Å². The Morgan fingerprint density at radius 1 is 0.860 bits per heavy atom. The number of nitrogens with one attached hydrogen (secondary N) is 4. The molecule has 0 aliphatic heterocycles. The molecule has 3 amide bonds. The van der Waals surface area contributed by atoms with Gasteiger partial charge < -0.3 is 25.4 Å². The Labute approximate surface area is 252 Å². The lowest BCUT2D eigenvalue weighted by Crippen LogP contribution is -2.45. The van der Waals surface area contributed by atoms with E-state index in [-0.39, 0.29) is 24.5 Å². The molecule has 0 heterocycles. The highest BCUT2D eigenvalue weighted by Gasteiger charge is 2.25. The van der Waals surface area contributed by atoms with E-state index in [0.29, 0.717) is 35.8 Å². The van der Waals surface area contributed by atoms with E-state index >= 15 is 0 Å². The van der Waals surface area contributed by atoms with Crippen LogP contribution in [0.15, 0.2) is 71.6 Å². The first-order chi connectivity index (χ1) is 20.4. The van der Waals surface area contributed by atoms with Crippen molar-refractivity contribution in [3.63, 3.8) is 0 Å². The first-order valence-electron chi connectivity index (χ1n) is 14.2. The van der Waals surface area contributed by atoms with Crippen LogP contribution in [0.2, 0.25) is 0 Å². The topological polar surface area (TPSA) is 152 Å². The smallest absolute Gasteiger partial charge is 0.408 e. The van der Waals surface area contributed by atoms with Gasteiger partial charge in [0.1, 0.15) is 18.2 Å². The fourth-order valence-corrected chi connectivity index (χ4v) is 5.53. The lowest BCUT2D eigenvalue weighted by molar-refractivity contribution is -0.118. The minimum absolute atomic E-state index is 0.0983. The van der Waals surface area contributed by atoms with Gasteiger partial charge >= 0.3 is 12.2 Å². The molecule has 232 valence electrons. The van der Waals surface area contributed by atoms with Crippen molar-refractivity contribution in [2.24, 2.45) is 0 Å². The Kier molecular flexibility index (Phi) is 11.9. The molecule has 43 heavy (non-hydrogen) atoms. The van der Waals surface area contributed by atoms with Gasteiger partial charge in [0.2, 0.25) is 15.9 Å². The number of ether oxygens (including phenoxy) is 2. The van der Waals surface area contributed by atoms with Crippen LogP contribution in [0.25, 0.3) is 10.8 Å². The summed E-state index contributed by atoms with van der Waals surface area (Å²) in [6, 6.07) is 18.2. The lowest BCUT2D eigenvalue weighted by Gasteiger charge is -2.23. The highest BCUT2D eigenvalue weighted by molar-refractivity contribution is 7.89. The summed E-state index contributed by atoms with van der Waals surface area (Å²) in [6.45, 7) is 7.57. The van der Waals surface area contributed by atoms with Gasteiger partial charge in [-0.05, 0) is 57.7 Å². The minimum atomic E-state index is -3.75. The number of amides is 3. The van der Waals surface area contributed by atoms with Crippen LogP contribution in [0.4, 0.5) is 15.3 Å². The van der Waals surface area contributed by atoms with Crippen LogP contribution < -0.4 is 20.7 Å². The third-order valence-electron chi connectivity index (χ3n) is 6.17. The molecule has 3 aromatic carbocycles. The minimum Gasteiger partial charge on any atom is -0.445 e. The molecule has 0 aliphatic rings. The summed E-state index contributed by atoms with van der Waals surface area (Å²) in [5.41, 5.74) is 0.510. The maximum Gasteiger partial charge on any atom is 0.408 e. The molecule has 3 rings (SSSR count). The average molecular weight is 613 g/mol. The molecule has 0 radical (unpaired) electrons. The van der Waals surface area contributed by atoms with Crippen molar-refractivity contribution in [1.82, 2.24) is 15.4 Å². The molecule has 1 atom stereocenters. The zero-order chi connectivity index (χ0) is 31.5. The van der Waals surface area contributed by atoms with Gasteiger partial charge in [-0.1, -0.05) is 61.5 Å². The van der Waals surface area contributed by atoms with E-state index in [1.807, 2.05) is 30.3 Å². The van der Waals surface area contributed by atoms with E-state index < -0.39 is 39.8 Å². The summed E-state index contributed by atoms with van der Waals surface area (Å²) in [6.07, 6.45) is -0.00626. The van der Waals surface area contributed by atoms with E-state index in [4.69, 9.17) is 9.47 Å². The van der Waals surface area contributed by atoms with Crippen molar-refractivity contribution in [2.75, 3.05) is 18.4 Å². The number of carbonyl (C=O) groups is 3. The largest absolute Gasteiger partial charge is 0.445 e. The van der Waals surface area contributed by atoms with Crippen molar-refractivity contribution in [3.8, 4) is 0 Å². The molecule has 0 saturated carbocycles. The molecule has 0 aliphatic carbocycles. The van der Waals surface area contributed by atoms with Gasteiger partial charge in [-0.15, -0.1) is 0 Å². The second-order valence-electron chi connectivity index (χ2n) is 10.8. The summed E-state index contributed by atoms with van der Waals surface area (Å²) >= 11 is 0. The van der Waals surface area contributed by atoms with Crippen molar-refractivity contribution in [1.29, 1.82) is 0 Å². The predicted molar refractivity (Wildman–Crippen MR) is 165 cm³/mol. The summed E-state index contributed by atoms with van der Waals surface area (Å²) in [7, 11) is -3.75. The molecule has 4 N–H and O–H groups in total. The fraction of sp³-hybridized carbons (Fsp3) is 0.387. The van der Waals surface area contributed by atoms with Gasteiger partial charge in [-0.2, -0.15) is 0 Å². The van der Waals surface area contributed by atoms with Crippen LogP contribution in [0.1, 0.15) is 52.5 Å². The Morgan fingerprint density at radius 3 is 2.26 bits per heavy atom. The average Bonchev–Trinajstić information content (AvgIpc) is 2.94. The quantitative estimate of drug-likeness (QED) is 0.197. The number of hydrogen-bond donors (Lipinski definition) is 4. The zero-order valence-electron chi connectivity index (χ0n) is 24.9. The highest BCUT2D eigenvalue weighted by atomic mass is 32.2. The number of fused-ring (bicyclic) bond motifs is 1. The number of hydrogen-bond acceptors (Lipinski definition) is 7. The molecule has 3 aromatic rings. The number of unbranched alkanes of at least 4 members (excludes halogenated alkanes) is 1. The van der Waals surface area contributed by atoms with Crippen molar-refractivity contribution < 1.29 is 32.3 Å². The molecule has 0 spiro atoms. The number of benzene rings is 3. The van der Waals surface area contributed by atoms with Crippen LogP contribution in [-0.2, 0) is 30.9 Å². The number of anilines is 1. The van der Waals surface area contributed by atoms with Crippen LogP contribution in [0, 0.1) is 0 Å². The van der Waals surface area contributed by atoms with E-state index in [1.54, 1.807) is 58.0 Å². The zero-order valence-corrected chi connectivity index (χ0v) is 25.8. The van der Waals surface area contributed by atoms with Gasteiger partial charge in [0.05, 0.1) is 4.90 Å². The number of sulfonamides is 1. The van der Waals surface area contributed by atoms with Crippen LogP contribution in [-0.4, -0.2) is 51.2 Å². The maximum absolute atomic E-state index is 13.4. The van der Waals surface area contributed by atoms with E-state index in [0.717, 1.165) is 5.56 Å². The summed E-state index contributed by atoms with van der Waals surface area (Å²) in [4.78, 5) is 38.1. The van der Waals surface area contributed by atoms with Gasteiger partial charge in [-0.3, -0.25) is 4.79 Å². The standard InChI is InChI=1S/C31H40N4O7S/c1-5-33-43(39,40)27-19-12-15-23-24(27)16-11-18-25(23)34-28(36)26(35-30(38)42-31(2,3)4)17-9-10-20-32-29(37)41-21-22-13-7-6-8-14-22/h6-8,11-16,18-19,26,33H,5,9-10,17,20-21H2,1-4H3,(H,32,37)(H,34,36)(H,35,38)/t26-/m1/s1. The van der Waals surface area contributed by atoms with Gasteiger partial charge in [-0.25, -0.2) is 22.7 Å². The molecule has 11 nitrogen and oxygen atoms in total. The second kappa shape index (κ2) is 15.4. The number of alkyl carbamates (subject to hydrolysis) is 2. The third kappa shape index (κ3) is 10.6. The summed E-state index contributed by atoms with van der Waals surface area (Å²) < 4.78 is 38.6. The number of rotatable bonds is 13. The first-order valence-corrected chi connectivity index (χ1v) is 15.6. The Hall–Kier alpha value is -4.16. The molecule has 12 heteroatoms. The van der Waals surface area contributed by atoms with Crippen LogP contribution in [0.5, 0.6) is 0 Å². The number of carbonyl (C=O) groups excluding carboxylic acids is 3. The maximum atomic E-state index is 13.4. The lowest BCUT2D eigenvalue weighted by atomic mass is 10.1. The SMILES string of the molecule is CCNS(=O)(=O)c1cccc2c(NC(=O)[C@@H](CCCCNC(=O)OCc3ccccc3)NC(=O)OC(C)(C)C)cccc12. The van der Waals surface area contributed by atoms with Crippen molar-refractivity contribution >= 4 is 44.6 Å². The van der Waals surface area contributed by atoms with E-state index in [2.05, 4.69) is 20.7 Å². The van der Waals surface area contributed by atoms with E-state index in [9.17, 15) is 22.8 Å². The molecule has 0 bridgehead atoms. The Morgan fingerprint density at radius 2 is 1.56 bits per heavy atom. The Bertz CT molecular complexity index is 1510. The normalized spacial score (nSPS) is 12.3. The van der Waals surface area contributed by atoms with Gasteiger partial charge in [0, 0.05) is 29.5 Å². The van der Waals surface area contributed by atoms with Crippen molar-refractivity contribution in [2.45, 2.75) is 70.1 Å². The highest BCUT2D eigenvalue weighted by Crippen LogP contribution is 2.29. The third-order valence-corrected chi connectivity index (χ3v) is 7.78. The summed E-state index contributed by atoms with van der Waals surface area (Å²) in [5, 5.41) is 9.15. The molecule has 0 fully saturated rings.